The summed E-state index contributed by atoms with van der Waals surface area (Å²) in [7, 11) is 3.12. The Hall–Kier alpha value is -3.42. The van der Waals surface area contributed by atoms with E-state index in [1.54, 1.807) is 20.1 Å². The average Bonchev–Trinajstić information content (AvgIpc) is 3.13. The number of aromatic amines is 1. The predicted molar refractivity (Wildman–Crippen MR) is 99.8 cm³/mol. The van der Waals surface area contributed by atoms with Crippen LogP contribution in [0.5, 0.6) is 11.5 Å². The van der Waals surface area contributed by atoms with Gasteiger partial charge in [-0.25, -0.2) is 4.98 Å². The minimum Gasteiger partial charge on any atom is -0.497 e. The third-order valence-electron chi connectivity index (χ3n) is 4.12. The van der Waals surface area contributed by atoms with Crippen LogP contribution < -0.4 is 14.8 Å². The fourth-order valence-corrected chi connectivity index (χ4v) is 2.61. The van der Waals surface area contributed by atoms with E-state index in [-0.39, 0.29) is 11.9 Å². The van der Waals surface area contributed by atoms with Crippen LogP contribution in [0.15, 0.2) is 36.5 Å². The fourth-order valence-electron chi connectivity index (χ4n) is 2.61. The molecule has 8 nitrogen and oxygen atoms in total. The molecule has 0 fully saturated rings. The number of hydrogen-bond acceptors (Lipinski definition) is 6. The number of rotatable bonds is 6. The third kappa shape index (κ3) is 4.05. The molecule has 8 heteroatoms. The number of ether oxygens (including phenoxy) is 2. The maximum atomic E-state index is 12.7. The molecule has 0 aliphatic rings. The molecular weight excluding hydrogens is 346 g/mol. The van der Waals surface area contributed by atoms with Crippen LogP contribution in [0, 0.1) is 6.92 Å². The number of carbonyl (C=O) groups is 1. The molecule has 140 valence electrons. The summed E-state index contributed by atoms with van der Waals surface area (Å²) in [5.74, 6) is 2.02. The molecule has 0 saturated carbocycles. The van der Waals surface area contributed by atoms with E-state index in [1.807, 2.05) is 31.2 Å². The van der Waals surface area contributed by atoms with Gasteiger partial charge in [-0.3, -0.25) is 14.9 Å². The Morgan fingerprint density at radius 3 is 2.52 bits per heavy atom. The molecule has 0 saturated heterocycles. The molecule has 0 aliphatic carbocycles. The first-order chi connectivity index (χ1) is 13.0. The molecule has 0 bridgehead atoms. The SMILES string of the molecule is COc1ccc([C@H](C)NC(=O)c2cnc(-c3n[nH]c(C)n3)cc2OC)cc1. The Morgan fingerprint density at radius 1 is 1.19 bits per heavy atom. The van der Waals surface area contributed by atoms with Gasteiger partial charge in [0.1, 0.15) is 23.0 Å². The minimum absolute atomic E-state index is 0.191. The Kier molecular flexibility index (Phi) is 5.35. The third-order valence-corrected chi connectivity index (χ3v) is 4.12. The molecule has 1 aromatic carbocycles. The summed E-state index contributed by atoms with van der Waals surface area (Å²) in [5, 5.41) is 9.79. The van der Waals surface area contributed by atoms with Gasteiger partial charge in [0.25, 0.3) is 5.91 Å². The van der Waals surface area contributed by atoms with Crippen molar-refractivity contribution in [3.63, 3.8) is 0 Å². The lowest BCUT2D eigenvalue weighted by Gasteiger charge is -2.16. The predicted octanol–water partition coefficient (Wildman–Crippen LogP) is 2.68. The van der Waals surface area contributed by atoms with Gasteiger partial charge in [0, 0.05) is 12.3 Å². The van der Waals surface area contributed by atoms with Crippen molar-refractivity contribution in [1.82, 2.24) is 25.5 Å². The van der Waals surface area contributed by atoms with Crippen molar-refractivity contribution in [2.45, 2.75) is 19.9 Å². The molecule has 1 atom stereocenters. The van der Waals surface area contributed by atoms with Crippen LogP contribution in [0.1, 0.15) is 34.7 Å². The molecule has 3 aromatic rings. The van der Waals surface area contributed by atoms with E-state index in [2.05, 4.69) is 25.5 Å². The first-order valence-electron chi connectivity index (χ1n) is 8.40. The highest BCUT2D eigenvalue weighted by Crippen LogP contribution is 2.24. The topological polar surface area (TPSA) is 102 Å². The summed E-state index contributed by atoms with van der Waals surface area (Å²) in [6, 6.07) is 8.99. The van der Waals surface area contributed by atoms with Gasteiger partial charge >= 0.3 is 0 Å². The molecule has 3 rings (SSSR count). The van der Waals surface area contributed by atoms with Crippen molar-refractivity contribution >= 4 is 5.91 Å². The van der Waals surface area contributed by atoms with Crippen molar-refractivity contribution in [3.05, 3.63) is 53.5 Å². The second-order valence-corrected chi connectivity index (χ2v) is 5.98. The van der Waals surface area contributed by atoms with Crippen LogP contribution in [0.3, 0.4) is 0 Å². The normalized spacial score (nSPS) is 11.7. The van der Waals surface area contributed by atoms with Gasteiger partial charge in [-0.15, -0.1) is 0 Å². The molecular formula is C19H21N5O3. The number of aryl methyl sites for hydroxylation is 1. The van der Waals surface area contributed by atoms with Crippen LogP contribution in [-0.2, 0) is 0 Å². The van der Waals surface area contributed by atoms with Crippen molar-refractivity contribution in [3.8, 4) is 23.0 Å². The fraction of sp³-hybridized carbons (Fsp3) is 0.263. The summed E-state index contributed by atoms with van der Waals surface area (Å²) in [4.78, 5) is 21.2. The summed E-state index contributed by atoms with van der Waals surface area (Å²) in [5.41, 5.74) is 1.83. The summed E-state index contributed by atoms with van der Waals surface area (Å²) < 4.78 is 10.5. The molecule has 0 unspecified atom stereocenters. The van der Waals surface area contributed by atoms with Gasteiger partial charge in [-0.2, -0.15) is 5.10 Å². The largest absolute Gasteiger partial charge is 0.497 e. The first kappa shape index (κ1) is 18.4. The summed E-state index contributed by atoms with van der Waals surface area (Å²) in [6.45, 7) is 3.71. The zero-order valence-electron chi connectivity index (χ0n) is 15.6. The maximum Gasteiger partial charge on any atom is 0.257 e. The molecule has 2 heterocycles. The summed E-state index contributed by atoms with van der Waals surface area (Å²) in [6.07, 6.45) is 1.47. The quantitative estimate of drug-likeness (QED) is 0.694. The van der Waals surface area contributed by atoms with Crippen LogP contribution in [-0.4, -0.2) is 40.3 Å². The molecule has 0 radical (unpaired) electrons. The standard InChI is InChI=1S/C19H21N5O3/c1-11(13-5-7-14(26-3)8-6-13)21-19(25)15-10-20-16(9-17(15)27-4)18-22-12(2)23-24-18/h5-11H,1-4H3,(H,21,25)(H,22,23,24)/t11-/m0/s1. The number of nitrogens with zero attached hydrogens (tertiary/aromatic N) is 3. The van der Waals surface area contributed by atoms with E-state index in [4.69, 9.17) is 9.47 Å². The lowest BCUT2D eigenvalue weighted by Crippen LogP contribution is -2.27. The molecule has 2 aromatic heterocycles. The number of hydrogen-bond donors (Lipinski definition) is 2. The number of H-pyrrole nitrogens is 1. The molecule has 27 heavy (non-hydrogen) atoms. The van der Waals surface area contributed by atoms with Crippen LogP contribution >= 0.6 is 0 Å². The van der Waals surface area contributed by atoms with Gasteiger partial charge in [-0.1, -0.05) is 12.1 Å². The highest BCUT2D eigenvalue weighted by molar-refractivity contribution is 5.97. The van der Waals surface area contributed by atoms with Crippen LogP contribution in [0.25, 0.3) is 11.5 Å². The zero-order valence-corrected chi connectivity index (χ0v) is 15.6. The highest BCUT2D eigenvalue weighted by Gasteiger charge is 2.18. The monoisotopic (exact) mass is 367 g/mol. The molecule has 1 amide bonds. The maximum absolute atomic E-state index is 12.7. The van der Waals surface area contributed by atoms with E-state index in [0.29, 0.717) is 28.7 Å². The average molecular weight is 367 g/mol. The number of nitrogens with one attached hydrogen (secondary N) is 2. The summed E-state index contributed by atoms with van der Waals surface area (Å²) >= 11 is 0. The Balaban J connectivity index is 1.79. The highest BCUT2D eigenvalue weighted by atomic mass is 16.5. The van der Waals surface area contributed by atoms with E-state index < -0.39 is 0 Å². The number of carbonyl (C=O) groups excluding carboxylic acids is 1. The van der Waals surface area contributed by atoms with E-state index >= 15 is 0 Å². The Labute approximate surface area is 157 Å². The van der Waals surface area contributed by atoms with Gasteiger partial charge in [0.15, 0.2) is 5.82 Å². The van der Waals surface area contributed by atoms with Crippen LogP contribution in [0.2, 0.25) is 0 Å². The molecule has 0 aliphatic heterocycles. The smallest absolute Gasteiger partial charge is 0.257 e. The lowest BCUT2D eigenvalue weighted by atomic mass is 10.1. The zero-order chi connectivity index (χ0) is 19.4. The van der Waals surface area contributed by atoms with Crippen molar-refractivity contribution < 1.29 is 14.3 Å². The Morgan fingerprint density at radius 2 is 1.93 bits per heavy atom. The number of methoxy groups -OCH3 is 2. The van der Waals surface area contributed by atoms with Crippen LogP contribution in [0.4, 0.5) is 0 Å². The van der Waals surface area contributed by atoms with Crippen molar-refractivity contribution in [1.29, 1.82) is 0 Å². The van der Waals surface area contributed by atoms with Gasteiger partial charge < -0.3 is 14.8 Å². The number of amides is 1. The number of benzene rings is 1. The van der Waals surface area contributed by atoms with E-state index in [0.717, 1.165) is 11.3 Å². The lowest BCUT2D eigenvalue weighted by molar-refractivity contribution is 0.0936. The first-order valence-corrected chi connectivity index (χ1v) is 8.40. The van der Waals surface area contributed by atoms with Gasteiger partial charge in [0.05, 0.1) is 25.8 Å². The van der Waals surface area contributed by atoms with Crippen molar-refractivity contribution in [2.75, 3.05) is 14.2 Å². The van der Waals surface area contributed by atoms with E-state index in [1.165, 1.54) is 13.3 Å². The number of aromatic nitrogens is 4. The van der Waals surface area contributed by atoms with E-state index in [9.17, 15) is 4.79 Å². The minimum atomic E-state index is -0.277. The van der Waals surface area contributed by atoms with Crippen molar-refractivity contribution in [2.24, 2.45) is 0 Å². The second kappa shape index (κ2) is 7.86. The Bertz CT molecular complexity index is 937. The molecule has 0 spiro atoms. The number of pyridine rings is 1. The van der Waals surface area contributed by atoms with Gasteiger partial charge in [0.2, 0.25) is 0 Å². The molecule has 2 N–H and O–H groups in total. The second-order valence-electron chi connectivity index (χ2n) is 5.98. The van der Waals surface area contributed by atoms with Gasteiger partial charge in [-0.05, 0) is 31.5 Å².